The predicted octanol–water partition coefficient (Wildman–Crippen LogP) is 3.68. The van der Waals surface area contributed by atoms with Gasteiger partial charge >= 0.3 is 0 Å². The molecule has 1 aromatic carbocycles. The van der Waals surface area contributed by atoms with Crippen LogP contribution in [0.5, 0.6) is 0 Å². The maximum Gasteiger partial charge on any atom is 0.251 e. The van der Waals surface area contributed by atoms with Crippen molar-refractivity contribution < 1.29 is 9.18 Å². The minimum Gasteiger partial charge on any atom is -0.352 e. The summed E-state index contributed by atoms with van der Waals surface area (Å²) < 4.78 is 12.9. The zero-order chi connectivity index (χ0) is 13.5. The van der Waals surface area contributed by atoms with Gasteiger partial charge in [-0.25, -0.2) is 4.39 Å². The number of nitrogens with one attached hydrogen (secondary N) is 1. The van der Waals surface area contributed by atoms with Crippen LogP contribution in [0.25, 0.3) is 0 Å². The summed E-state index contributed by atoms with van der Waals surface area (Å²) in [4.78, 5) is 11.8. The van der Waals surface area contributed by atoms with Crippen molar-refractivity contribution in [3.8, 4) is 0 Å². The Morgan fingerprint density at radius 3 is 2.83 bits per heavy atom. The van der Waals surface area contributed by atoms with Gasteiger partial charge in [-0.2, -0.15) is 0 Å². The van der Waals surface area contributed by atoms with Crippen molar-refractivity contribution in [2.24, 2.45) is 5.92 Å². The maximum atomic E-state index is 12.9. The Kier molecular flexibility index (Phi) is 6.33. The van der Waals surface area contributed by atoms with Crippen LogP contribution >= 0.6 is 15.9 Å². The van der Waals surface area contributed by atoms with Gasteiger partial charge in [0.2, 0.25) is 0 Å². The van der Waals surface area contributed by atoms with Crippen LogP contribution in [0.4, 0.5) is 4.39 Å². The quantitative estimate of drug-likeness (QED) is 0.629. The number of hydrogen-bond acceptors (Lipinski definition) is 1. The van der Waals surface area contributed by atoms with Crippen molar-refractivity contribution in [2.75, 3.05) is 11.9 Å². The summed E-state index contributed by atoms with van der Waals surface area (Å²) in [5.74, 6) is 0.184. The molecule has 0 spiro atoms. The minimum atomic E-state index is -0.310. The van der Waals surface area contributed by atoms with E-state index in [1.165, 1.54) is 18.2 Å². The van der Waals surface area contributed by atoms with Crippen molar-refractivity contribution in [3.05, 3.63) is 35.1 Å². The molecule has 1 unspecified atom stereocenters. The van der Waals surface area contributed by atoms with E-state index >= 15 is 0 Å². The number of hydrogen-bond donors (Lipinski definition) is 1. The molecule has 0 aliphatic heterocycles. The molecule has 0 aliphatic rings. The number of amides is 1. The fourth-order valence-electron chi connectivity index (χ4n) is 1.71. The van der Waals surface area contributed by atoms with Gasteiger partial charge in [-0.15, -0.1) is 0 Å². The van der Waals surface area contributed by atoms with E-state index in [9.17, 15) is 9.18 Å². The smallest absolute Gasteiger partial charge is 0.251 e. The van der Waals surface area contributed by atoms with Crippen molar-refractivity contribution in [3.63, 3.8) is 0 Å². The molecule has 0 bridgehead atoms. The molecule has 0 aliphatic carbocycles. The molecule has 4 heteroatoms. The van der Waals surface area contributed by atoms with Crippen LogP contribution in [0.2, 0.25) is 0 Å². The van der Waals surface area contributed by atoms with Crippen molar-refractivity contribution in [2.45, 2.75) is 26.7 Å². The molecule has 100 valence electrons. The molecule has 2 nitrogen and oxygen atoms in total. The average Bonchev–Trinajstić information content (AvgIpc) is 2.34. The first kappa shape index (κ1) is 15.2. The van der Waals surface area contributed by atoms with Crippen LogP contribution in [0, 0.1) is 18.7 Å². The number of alkyl halides is 1. The first-order valence-electron chi connectivity index (χ1n) is 6.15. The number of halogens is 2. The zero-order valence-electron chi connectivity index (χ0n) is 10.8. The largest absolute Gasteiger partial charge is 0.352 e. The lowest BCUT2D eigenvalue weighted by molar-refractivity contribution is 0.0952. The van der Waals surface area contributed by atoms with Crippen LogP contribution in [-0.4, -0.2) is 17.8 Å². The maximum absolute atomic E-state index is 12.9. The third-order valence-corrected chi connectivity index (χ3v) is 3.96. The summed E-state index contributed by atoms with van der Waals surface area (Å²) in [6, 6.07) is 4.22. The van der Waals surface area contributed by atoms with E-state index in [0.29, 0.717) is 23.6 Å². The Labute approximate surface area is 116 Å². The van der Waals surface area contributed by atoms with E-state index in [0.717, 1.165) is 18.2 Å². The van der Waals surface area contributed by atoms with E-state index in [-0.39, 0.29) is 11.7 Å². The highest BCUT2D eigenvalue weighted by atomic mass is 79.9. The van der Waals surface area contributed by atoms with Crippen LogP contribution in [0.1, 0.15) is 35.7 Å². The second-order valence-electron chi connectivity index (χ2n) is 4.62. The molecular weight excluding hydrogens is 297 g/mol. The Morgan fingerprint density at radius 1 is 1.50 bits per heavy atom. The molecule has 0 saturated heterocycles. The number of aryl methyl sites for hydroxylation is 1. The van der Waals surface area contributed by atoms with E-state index in [1.54, 1.807) is 6.92 Å². The summed E-state index contributed by atoms with van der Waals surface area (Å²) in [7, 11) is 0. The highest BCUT2D eigenvalue weighted by molar-refractivity contribution is 9.09. The van der Waals surface area contributed by atoms with Crippen molar-refractivity contribution in [1.82, 2.24) is 5.32 Å². The van der Waals surface area contributed by atoms with Gasteiger partial charge < -0.3 is 5.32 Å². The van der Waals surface area contributed by atoms with Crippen molar-refractivity contribution in [1.29, 1.82) is 0 Å². The zero-order valence-corrected chi connectivity index (χ0v) is 12.4. The third kappa shape index (κ3) is 4.77. The predicted molar refractivity (Wildman–Crippen MR) is 75.7 cm³/mol. The molecule has 1 amide bonds. The molecule has 1 atom stereocenters. The van der Waals surface area contributed by atoms with Crippen molar-refractivity contribution >= 4 is 21.8 Å². The van der Waals surface area contributed by atoms with E-state index in [1.807, 2.05) is 0 Å². The molecular formula is C14H19BrFNO. The van der Waals surface area contributed by atoms with Gasteiger partial charge in [0.05, 0.1) is 0 Å². The third-order valence-electron chi connectivity index (χ3n) is 2.86. The number of benzene rings is 1. The standard InChI is InChI=1S/C14H19BrFNO/c1-10(9-15)4-3-7-17-14(18)13-6-5-12(16)8-11(13)2/h5-6,8,10H,3-4,7,9H2,1-2H3,(H,17,18). The first-order chi connectivity index (χ1) is 8.54. The second kappa shape index (κ2) is 7.52. The van der Waals surface area contributed by atoms with Crippen LogP contribution < -0.4 is 5.32 Å². The van der Waals surface area contributed by atoms with Crippen LogP contribution in [0.15, 0.2) is 18.2 Å². The first-order valence-corrected chi connectivity index (χ1v) is 7.27. The molecule has 18 heavy (non-hydrogen) atoms. The fraction of sp³-hybridized carbons (Fsp3) is 0.500. The molecule has 0 radical (unpaired) electrons. The van der Waals surface area contributed by atoms with Gasteiger partial charge in [-0.05, 0) is 49.4 Å². The lowest BCUT2D eigenvalue weighted by Gasteiger charge is -2.09. The molecule has 1 aromatic rings. The van der Waals surface area contributed by atoms with E-state index in [2.05, 4.69) is 28.2 Å². The molecule has 0 saturated carbocycles. The van der Waals surface area contributed by atoms with Crippen LogP contribution in [-0.2, 0) is 0 Å². The summed E-state index contributed by atoms with van der Waals surface area (Å²) in [6.07, 6.45) is 2.03. The Balaban J connectivity index is 2.41. The molecule has 0 aromatic heterocycles. The minimum absolute atomic E-state index is 0.126. The second-order valence-corrected chi connectivity index (χ2v) is 5.26. The molecule has 1 N–H and O–H groups in total. The Hall–Kier alpha value is -0.900. The van der Waals surface area contributed by atoms with Gasteiger partial charge in [0.1, 0.15) is 5.82 Å². The van der Waals surface area contributed by atoms with Gasteiger partial charge in [0.15, 0.2) is 0 Å². The Bertz CT molecular complexity index is 409. The summed E-state index contributed by atoms with van der Waals surface area (Å²) in [6.45, 7) is 4.57. The molecule has 0 heterocycles. The number of carbonyl (C=O) groups is 1. The van der Waals surface area contributed by atoms with E-state index in [4.69, 9.17) is 0 Å². The van der Waals surface area contributed by atoms with Gasteiger partial charge in [-0.1, -0.05) is 22.9 Å². The summed E-state index contributed by atoms with van der Waals surface area (Å²) in [5, 5.41) is 3.85. The summed E-state index contributed by atoms with van der Waals surface area (Å²) in [5.41, 5.74) is 1.21. The molecule has 0 fully saturated rings. The Morgan fingerprint density at radius 2 is 2.22 bits per heavy atom. The average molecular weight is 316 g/mol. The van der Waals surface area contributed by atoms with Gasteiger partial charge in [0, 0.05) is 17.4 Å². The monoisotopic (exact) mass is 315 g/mol. The fourth-order valence-corrected chi connectivity index (χ4v) is 2.03. The highest BCUT2D eigenvalue weighted by Crippen LogP contribution is 2.10. The SMILES string of the molecule is Cc1cc(F)ccc1C(=O)NCCCC(C)CBr. The molecule has 1 rings (SSSR count). The highest BCUT2D eigenvalue weighted by Gasteiger charge is 2.09. The summed E-state index contributed by atoms with van der Waals surface area (Å²) >= 11 is 3.43. The van der Waals surface area contributed by atoms with Gasteiger partial charge in [0.25, 0.3) is 5.91 Å². The lowest BCUT2D eigenvalue weighted by atomic mass is 10.1. The normalized spacial score (nSPS) is 12.2. The topological polar surface area (TPSA) is 29.1 Å². The van der Waals surface area contributed by atoms with Gasteiger partial charge in [-0.3, -0.25) is 4.79 Å². The number of rotatable bonds is 6. The number of carbonyl (C=O) groups excluding carboxylic acids is 1. The lowest BCUT2D eigenvalue weighted by Crippen LogP contribution is -2.25. The van der Waals surface area contributed by atoms with E-state index < -0.39 is 0 Å². The van der Waals surface area contributed by atoms with Crippen LogP contribution in [0.3, 0.4) is 0 Å².